The van der Waals surface area contributed by atoms with Crippen LogP contribution in [-0.4, -0.2) is 10.8 Å². The molecule has 0 radical (unpaired) electrons. The van der Waals surface area contributed by atoms with Gasteiger partial charge in [0, 0.05) is 29.5 Å². The minimum absolute atomic E-state index is 0.0249. The molecule has 3 aromatic carbocycles. The molecule has 0 fully saturated rings. The van der Waals surface area contributed by atoms with Gasteiger partial charge in [0.1, 0.15) is 0 Å². The third kappa shape index (κ3) is 2.65. The molecule has 0 saturated carbocycles. The Hall–Kier alpha value is -3.73. The maximum atomic E-state index is 12.3. The molecule has 1 amide bonds. The summed E-state index contributed by atoms with van der Waals surface area (Å²) in [7, 11) is 0. The van der Waals surface area contributed by atoms with Crippen molar-refractivity contribution in [2.45, 2.75) is 0 Å². The molecule has 1 aliphatic rings. The minimum atomic E-state index is -0.413. The van der Waals surface area contributed by atoms with E-state index in [0.29, 0.717) is 5.56 Å². The highest BCUT2D eigenvalue weighted by Gasteiger charge is 2.25. The second-order valence-corrected chi connectivity index (χ2v) is 5.93. The minimum Gasteiger partial charge on any atom is -0.328 e. The standard InChI is InChI=1S/C21H14N2O3/c24-21(14-6-2-1-3-7-14)22-13-20-17-9-5-4-8-16(17)18-11-10-15(23(25)26)12-19(18)20/h1-13H,(H,22,24)/b20-13+. The van der Waals surface area contributed by atoms with Crippen molar-refractivity contribution in [1.29, 1.82) is 0 Å². The molecule has 3 aromatic rings. The van der Waals surface area contributed by atoms with Gasteiger partial charge < -0.3 is 5.32 Å². The molecular formula is C21H14N2O3. The van der Waals surface area contributed by atoms with Crippen LogP contribution in [0.5, 0.6) is 0 Å². The van der Waals surface area contributed by atoms with Gasteiger partial charge in [0.25, 0.3) is 11.6 Å². The summed E-state index contributed by atoms with van der Waals surface area (Å²) in [4.78, 5) is 23.1. The predicted octanol–water partition coefficient (Wildman–Crippen LogP) is 4.39. The van der Waals surface area contributed by atoms with Gasteiger partial charge in [-0.05, 0) is 40.5 Å². The summed E-state index contributed by atoms with van der Waals surface area (Å²) in [5.41, 5.74) is 4.95. The van der Waals surface area contributed by atoms with Crippen LogP contribution in [0, 0.1) is 10.1 Å². The molecule has 0 saturated heterocycles. The summed E-state index contributed by atoms with van der Waals surface area (Å²) < 4.78 is 0. The van der Waals surface area contributed by atoms with Crippen LogP contribution in [0.3, 0.4) is 0 Å². The number of hydrogen-bond donors (Lipinski definition) is 1. The lowest BCUT2D eigenvalue weighted by atomic mass is 10.0. The molecule has 5 heteroatoms. The van der Waals surface area contributed by atoms with Crippen molar-refractivity contribution >= 4 is 17.2 Å². The van der Waals surface area contributed by atoms with Gasteiger partial charge in [0.05, 0.1) is 4.92 Å². The smallest absolute Gasteiger partial charge is 0.270 e. The van der Waals surface area contributed by atoms with E-state index < -0.39 is 4.92 Å². The van der Waals surface area contributed by atoms with Crippen LogP contribution in [0.4, 0.5) is 5.69 Å². The van der Waals surface area contributed by atoms with Crippen molar-refractivity contribution in [3.63, 3.8) is 0 Å². The number of nitrogens with one attached hydrogen (secondary N) is 1. The number of rotatable bonds is 3. The lowest BCUT2D eigenvalue weighted by molar-refractivity contribution is -0.384. The Morgan fingerprint density at radius 1 is 0.846 bits per heavy atom. The van der Waals surface area contributed by atoms with E-state index in [0.717, 1.165) is 27.8 Å². The molecule has 0 spiro atoms. The van der Waals surface area contributed by atoms with Gasteiger partial charge in [-0.25, -0.2) is 0 Å². The number of non-ortho nitro benzene ring substituents is 1. The van der Waals surface area contributed by atoms with Gasteiger partial charge >= 0.3 is 0 Å². The van der Waals surface area contributed by atoms with Crippen molar-refractivity contribution < 1.29 is 9.72 Å². The fraction of sp³-hybridized carbons (Fsp3) is 0. The van der Waals surface area contributed by atoms with Crippen LogP contribution in [0.1, 0.15) is 21.5 Å². The number of hydrogen-bond acceptors (Lipinski definition) is 3. The van der Waals surface area contributed by atoms with Crippen LogP contribution >= 0.6 is 0 Å². The Labute approximate surface area is 149 Å². The van der Waals surface area contributed by atoms with Crippen LogP contribution in [0.25, 0.3) is 16.7 Å². The molecule has 0 atom stereocenters. The van der Waals surface area contributed by atoms with Crippen molar-refractivity contribution in [3.05, 3.63) is 106 Å². The molecule has 126 valence electrons. The van der Waals surface area contributed by atoms with E-state index in [-0.39, 0.29) is 11.6 Å². The third-order valence-corrected chi connectivity index (χ3v) is 4.40. The van der Waals surface area contributed by atoms with Gasteiger partial charge in [-0.3, -0.25) is 14.9 Å². The number of carbonyl (C=O) groups excluding carboxylic acids is 1. The summed E-state index contributed by atoms with van der Waals surface area (Å²) in [6.45, 7) is 0. The molecule has 0 bridgehead atoms. The molecule has 26 heavy (non-hydrogen) atoms. The number of nitro groups is 1. The molecule has 1 N–H and O–H groups in total. The zero-order valence-electron chi connectivity index (χ0n) is 13.7. The van der Waals surface area contributed by atoms with E-state index in [1.807, 2.05) is 30.3 Å². The van der Waals surface area contributed by atoms with Crippen LogP contribution in [0.2, 0.25) is 0 Å². The van der Waals surface area contributed by atoms with Crippen molar-refractivity contribution in [1.82, 2.24) is 5.32 Å². The zero-order chi connectivity index (χ0) is 18.1. The van der Waals surface area contributed by atoms with Crippen LogP contribution in [0.15, 0.2) is 79.0 Å². The Bertz CT molecular complexity index is 1060. The summed E-state index contributed by atoms with van der Waals surface area (Å²) in [6.07, 6.45) is 1.63. The molecule has 0 aliphatic heterocycles. The maximum absolute atomic E-state index is 12.3. The van der Waals surface area contributed by atoms with E-state index in [1.54, 1.807) is 42.6 Å². The average Bonchev–Trinajstić information content (AvgIpc) is 3.00. The second-order valence-electron chi connectivity index (χ2n) is 5.93. The first-order valence-electron chi connectivity index (χ1n) is 8.10. The molecule has 0 aromatic heterocycles. The highest BCUT2D eigenvalue weighted by molar-refractivity contribution is 6.03. The third-order valence-electron chi connectivity index (χ3n) is 4.40. The normalized spacial score (nSPS) is 13.2. The monoisotopic (exact) mass is 342 g/mol. The second kappa shape index (κ2) is 6.29. The lowest BCUT2D eigenvalue weighted by Gasteiger charge is -2.05. The highest BCUT2D eigenvalue weighted by atomic mass is 16.6. The van der Waals surface area contributed by atoms with Crippen LogP contribution in [-0.2, 0) is 0 Å². The Morgan fingerprint density at radius 2 is 1.50 bits per heavy atom. The fourth-order valence-corrected chi connectivity index (χ4v) is 3.17. The zero-order valence-corrected chi connectivity index (χ0v) is 13.7. The fourth-order valence-electron chi connectivity index (χ4n) is 3.17. The summed E-state index contributed by atoms with van der Waals surface area (Å²) in [5, 5.41) is 13.9. The number of fused-ring (bicyclic) bond motifs is 3. The average molecular weight is 342 g/mol. The Morgan fingerprint density at radius 3 is 2.23 bits per heavy atom. The number of benzene rings is 3. The molecule has 1 aliphatic carbocycles. The molecular weight excluding hydrogens is 328 g/mol. The molecule has 0 heterocycles. The van der Waals surface area contributed by atoms with E-state index in [2.05, 4.69) is 5.32 Å². The van der Waals surface area contributed by atoms with Crippen molar-refractivity contribution in [2.75, 3.05) is 0 Å². The van der Waals surface area contributed by atoms with E-state index in [4.69, 9.17) is 0 Å². The van der Waals surface area contributed by atoms with Crippen molar-refractivity contribution in [2.24, 2.45) is 0 Å². The largest absolute Gasteiger partial charge is 0.328 e. The number of nitrogens with zero attached hydrogens (tertiary/aromatic N) is 1. The maximum Gasteiger partial charge on any atom is 0.270 e. The summed E-state index contributed by atoms with van der Waals surface area (Å²) in [6, 6.07) is 21.5. The highest BCUT2D eigenvalue weighted by Crippen LogP contribution is 2.44. The van der Waals surface area contributed by atoms with Gasteiger partial charge in [0.2, 0.25) is 0 Å². The quantitative estimate of drug-likeness (QED) is 0.443. The van der Waals surface area contributed by atoms with Gasteiger partial charge in [0.15, 0.2) is 0 Å². The number of nitro benzene ring substituents is 1. The van der Waals surface area contributed by atoms with Gasteiger partial charge in [-0.2, -0.15) is 0 Å². The first kappa shape index (κ1) is 15.8. The van der Waals surface area contributed by atoms with Gasteiger partial charge in [-0.1, -0.05) is 42.5 Å². The van der Waals surface area contributed by atoms with E-state index >= 15 is 0 Å². The first-order valence-corrected chi connectivity index (χ1v) is 8.10. The molecule has 5 nitrogen and oxygen atoms in total. The molecule has 0 unspecified atom stereocenters. The molecule has 4 rings (SSSR count). The predicted molar refractivity (Wildman–Crippen MR) is 99.5 cm³/mol. The Balaban J connectivity index is 1.77. The SMILES string of the molecule is O=C(N/C=C1\c2ccccc2-c2ccc([N+](=O)[O-])cc21)c1ccccc1. The number of amides is 1. The number of carbonyl (C=O) groups is 1. The van der Waals surface area contributed by atoms with Crippen LogP contribution < -0.4 is 5.32 Å². The Kier molecular flexibility index (Phi) is 3.82. The summed E-state index contributed by atoms with van der Waals surface area (Å²) in [5.74, 6) is -0.227. The van der Waals surface area contributed by atoms with E-state index in [1.165, 1.54) is 6.07 Å². The topological polar surface area (TPSA) is 72.2 Å². The first-order chi connectivity index (χ1) is 12.6. The summed E-state index contributed by atoms with van der Waals surface area (Å²) >= 11 is 0. The van der Waals surface area contributed by atoms with E-state index in [9.17, 15) is 14.9 Å². The van der Waals surface area contributed by atoms with Gasteiger partial charge in [-0.15, -0.1) is 0 Å². The van der Waals surface area contributed by atoms with Crippen molar-refractivity contribution in [3.8, 4) is 11.1 Å². The lowest BCUT2D eigenvalue weighted by Crippen LogP contribution is -2.17.